The Morgan fingerprint density at radius 3 is 2.18 bits per heavy atom. The predicted molar refractivity (Wildman–Crippen MR) is 135 cm³/mol. The molecule has 1 atom stereocenters. The summed E-state index contributed by atoms with van der Waals surface area (Å²) >= 11 is 0. The van der Waals surface area contributed by atoms with E-state index in [1.54, 1.807) is 0 Å². The molecular weight excluding hydrogens is 420 g/mol. The summed E-state index contributed by atoms with van der Waals surface area (Å²) in [6.45, 7) is 3.95. The Kier molecular flexibility index (Phi) is 5.83. The van der Waals surface area contributed by atoms with Gasteiger partial charge in [0.05, 0.1) is 23.0 Å². The summed E-state index contributed by atoms with van der Waals surface area (Å²) in [5, 5.41) is 8.05. The number of aromatic nitrogens is 3. The van der Waals surface area contributed by atoms with Gasteiger partial charge in [-0.1, -0.05) is 60.7 Å². The molecule has 0 bridgehead atoms. The average molecular weight is 447 g/mol. The molecule has 5 nitrogen and oxygen atoms in total. The van der Waals surface area contributed by atoms with Crippen molar-refractivity contribution in [2.24, 2.45) is 0 Å². The van der Waals surface area contributed by atoms with E-state index in [1.165, 1.54) is 0 Å². The van der Waals surface area contributed by atoms with Crippen LogP contribution in [0.5, 0.6) is 0 Å². The standard InChI is InChI=1S/C29H26N4O/c1-21(24-14-11-17-26(20-24)32-18-9-10-19-32)30-29(34)27-22(2)33(25-15-7-4-8-16-25)31-28(27)23-12-5-3-6-13-23/h3-21H,1-2H3,(H,30,34). The summed E-state index contributed by atoms with van der Waals surface area (Å²) < 4.78 is 3.90. The van der Waals surface area contributed by atoms with Crippen LogP contribution in [0.1, 0.15) is 34.6 Å². The van der Waals surface area contributed by atoms with Gasteiger partial charge in [-0.3, -0.25) is 4.79 Å². The first-order chi connectivity index (χ1) is 16.6. The van der Waals surface area contributed by atoms with Gasteiger partial charge in [0, 0.05) is 23.6 Å². The van der Waals surface area contributed by atoms with Crippen molar-refractivity contribution in [3.63, 3.8) is 0 Å². The Bertz CT molecular complexity index is 1400. The van der Waals surface area contributed by atoms with Crippen LogP contribution < -0.4 is 5.32 Å². The Hall–Kier alpha value is -4.38. The van der Waals surface area contributed by atoms with Crippen LogP contribution in [0, 0.1) is 6.92 Å². The molecular formula is C29H26N4O. The highest BCUT2D eigenvalue weighted by Gasteiger charge is 2.24. The minimum Gasteiger partial charge on any atom is -0.345 e. The van der Waals surface area contributed by atoms with Gasteiger partial charge >= 0.3 is 0 Å². The highest BCUT2D eigenvalue weighted by molar-refractivity contribution is 6.01. The summed E-state index contributed by atoms with van der Waals surface area (Å²) in [5.41, 5.74) is 5.99. The number of hydrogen-bond donors (Lipinski definition) is 1. The third-order valence-corrected chi connectivity index (χ3v) is 6.01. The largest absolute Gasteiger partial charge is 0.345 e. The van der Waals surface area contributed by atoms with Crippen LogP contribution in [0.3, 0.4) is 0 Å². The molecule has 34 heavy (non-hydrogen) atoms. The fraction of sp³-hybridized carbons (Fsp3) is 0.103. The van der Waals surface area contributed by atoms with Crippen LogP contribution in [0.15, 0.2) is 109 Å². The van der Waals surface area contributed by atoms with Gasteiger partial charge in [-0.15, -0.1) is 0 Å². The fourth-order valence-corrected chi connectivity index (χ4v) is 4.21. The van der Waals surface area contributed by atoms with Crippen molar-refractivity contribution in [1.82, 2.24) is 19.7 Å². The van der Waals surface area contributed by atoms with Gasteiger partial charge < -0.3 is 9.88 Å². The number of carbonyl (C=O) groups excluding carboxylic acids is 1. The Labute approximate surface area is 199 Å². The second-order valence-electron chi connectivity index (χ2n) is 8.30. The van der Waals surface area contributed by atoms with Gasteiger partial charge in [0.2, 0.25) is 0 Å². The van der Waals surface area contributed by atoms with E-state index in [1.807, 2.05) is 116 Å². The maximum absolute atomic E-state index is 13.6. The number of nitrogens with zero attached hydrogens (tertiary/aromatic N) is 3. The second kappa shape index (κ2) is 9.24. The molecule has 5 rings (SSSR count). The van der Waals surface area contributed by atoms with Crippen LogP contribution in [0.4, 0.5) is 0 Å². The van der Waals surface area contributed by atoms with E-state index in [0.717, 1.165) is 28.2 Å². The zero-order valence-corrected chi connectivity index (χ0v) is 19.2. The summed E-state index contributed by atoms with van der Waals surface area (Å²) in [6, 6.07) is 31.8. The van der Waals surface area contributed by atoms with E-state index in [4.69, 9.17) is 5.10 Å². The molecule has 168 valence electrons. The Balaban J connectivity index is 1.50. The van der Waals surface area contributed by atoms with Crippen molar-refractivity contribution in [1.29, 1.82) is 0 Å². The zero-order valence-electron chi connectivity index (χ0n) is 19.2. The van der Waals surface area contributed by atoms with Crippen LogP contribution in [-0.4, -0.2) is 20.3 Å². The normalized spacial score (nSPS) is 11.8. The average Bonchev–Trinajstić information content (AvgIpc) is 3.54. The number of carbonyl (C=O) groups is 1. The monoisotopic (exact) mass is 446 g/mol. The number of rotatable bonds is 6. The van der Waals surface area contributed by atoms with E-state index in [0.29, 0.717) is 11.3 Å². The molecule has 1 unspecified atom stereocenters. The number of para-hydroxylation sites is 1. The van der Waals surface area contributed by atoms with Gasteiger partial charge in [-0.05, 0) is 55.8 Å². The molecule has 3 aromatic carbocycles. The van der Waals surface area contributed by atoms with Crippen molar-refractivity contribution >= 4 is 5.91 Å². The lowest BCUT2D eigenvalue weighted by molar-refractivity contribution is 0.0940. The summed E-state index contributed by atoms with van der Waals surface area (Å²) in [7, 11) is 0. The quantitative estimate of drug-likeness (QED) is 0.341. The third kappa shape index (κ3) is 4.16. The molecule has 2 aromatic heterocycles. The molecule has 0 spiro atoms. The third-order valence-electron chi connectivity index (χ3n) is 6.01. The smallest absolute Gasteiger partial charge is 0.255 e. The SMILES string of the molecule is Cc1c(C(=O)NC(C)c2cccc(-n3cccc3)c2)c(-c2ccccc2)nn1-c1ccccc1. The van der Waals surface area contributed by atoms with Crippen molar-refractivity contribution in [3.05, 3.63) is 126 Å². The van der Waals surface area contributed by atoms with E-state index < -0.39 is 0 Å². The molecule has 0 saturated heterocycles. The Morgan fingerprint density at radius 1 is 0.824 bits per heavy atom. The van der Waals surface area contributed by atoms with Gasteiger partial charge in [0.15, 0.2) is 0 Å². The lowest BCUT2D eigenvalue weighted by atomic mass is 10.0. The van der Waals surface area contributed by atoms with Crippen LogP contribution in [0.25, 0.3) is 22.6 Å². The lowest BCUT2D eigenvalue weighted by Gasteiger charge is -2.16. The molecule has 0 aliphatic carbocycles. The van der Waals surface area contributed by atoms with Crippen LogP contribution in [-0.2, 0) is 0 Å². The molecule has 0 aliphatic heterocycles. The molecule has 0 radical (unpaired) electrons. The summed E-state index contributed by atoms with van der Waals surface area (Å²) in [6.07, 6.45) is 4.02. The van der Waals surface area contributed by atoms with Crippen molar-refractivity contribution in [2.45, 2.75) is 19.9 Å². The van der Waals surface area contributed by atoms with Crippen LogP contribution >= 0.6 is 0 Å². The maximum atomic E-state index is 13.6. The van der Waals surface area contributed by atoms with Crippen molar-refractivity contribution < 1.29 is 4.79 Å². The first-order valence-electron chi connectivity index (χ1n) is 11.4. The highest BCUT2D eigenvalue weighted by Crippen LogP contribution is 2.28. The summed E-state index contributed by atoms with van der Waals surface area (Å²) in [5.74, 6) is -0.141. The topological polar surface area (TPSA) is 51.9 Å². The highest BCUT2D eigenvalue weighted by atomic mass is 16.1. The zero-order chi connectivity index (χ0) is 23.5. The molecule has 1 N–H and O–H groups in total. The maximum Gasteiger partial charge on any atom is 0.255 e. The minimum absolute atomic E-state index is 0.141. The second-order valence-corrected chi connectivity index (χ2v) is 8.30. The van der Waals surface area contributed by atoms with E-state index in [2.05, 4.69) is 22.0 Å². The van der Waals surface area contributed by atoms with Gasteiger partial charge in [-0.25, -0.2) is 4.68 Å². The molecule has 1 amide bonds. The van der Waals surface area contributed by atoms with Gasteiger partial charge in [0.25, 0.3) is 5.91 Å². The lowest BCUT2D eigenvalue weighted by Crippen LogP contribution is -2.27. The molecule has 0 aliphatic rings. The van der Waals surface area contributed by atoms with Gasteiger partial charge in [0.1, 0.15) is 5.69 Å². The number of amides is 1. The molecule has 0 fully saturated rings. The molecule has 5 aromatic rings. The Morgan fingerprint density at radius 2 is 1.47 bits per heavy atom. The minimum atomic E-state index is -0.175. The van der Waals surface area contributed by atoms with E-state index in [-0.39, 0.29) is 11.9 Å². The van der Waals surface area contributed by atoms with Crippen molar-refractivity contribution in [3.8, 4) is 22.6 Å². The van der Waals surface area contributed by atoms with Crippen LogP contribution in [0.2, 0.25) is 0 Å². The van der Waals surface area contributed by atoms with Gasteiger partial charge in [-0.2, -0.15) is 5.10 Å². The summed E-state index contributed by atoms with van der Waals surface area (Å²) in [4.78, 5) is 13.6. The number of nitrogens with one attached hydrogen (secondary N) is 1. The predicted octanol–water partition coefficient (Wildman–Crippen LogP) is 6.13. The number of benzene rings is 3. The van der Waals surface area contributed by atoms with E-state index in [9.17, 15) is 4.79 Å². The van der Waals surface area contributed by atoms with E-state index >= 15 is 0 Å². The number of hydrogen-bond acceptors (Lipinski definition) is 2. The first kappa shape index (κ1) is 21.5. The first-order valence-corrected chi connectivity index (χ1v) is 11.4. The van der Waals surface area contributed by atoms with Crippen molar-refractivity contribution in [2.75, 3.05) is 0 Å². The molecule has 5 heteroatoms. The fourth-order valence-electron chi connectivity index (χ4n) is 4.21. The molecule has 2 heterocycles. The molecule has 0 saturated carbocycles.